The normalized spacial score (nSPS) is 11.2. The van der Waals surface area contributed by atoms with E-state index in [0.29, 0.717) is 30.3 Å². The predicted molar refractivity (Wildman–Crippen MR) is 80.6 cm³/mol. The highest BCUT2D eigenvalue weighted by molar-refractivity contribution is 6.33. The number of anilines is 1. The van der Waals surface area contributed by atoms with Crippen LogP contribution in [0.2, 0.25) is 5.02 Å². The van der Waals surface area contributed by atoms with Crippen molar-refractivity contribution < 1.29 is 4.79 Å². The number of benzene rings is 1. The van der Waals surface area contributed by atoms with Crippen molar-refractivity contribution in [2.75, 3.05) is 25.0 Å². The second-order valence-corrected chi connectivity index (χ2v) is 5.70. The first-order valence-corrected chi connectivity index (χ1v) is 6.78. The highest BCUT2D eigenvalue weighted by atomic mass is 35.5. The molecule has 0 bridgehead atoms. The van der Waals surface area contributed by atoms with Crippen molar-refractivity contribution in [3.63, 3.8) is 0 Å². The fraction of sp³-hybridized carbons (Fsp3) is 0.500. The quantitative estimate of drug-likeness (QED) is 0.872. The third kappa shape index (κ3) is 4.73. The van der Waals surface area contributed by atoms with Crippen LogP contribution in [0.15, 0.2) is 24.3 Å². The van der Waals surface area contributed by atoms with Gasteiger partial charge in [0, 0.05) is 13.1 Å². The number of hydrogen-bond acceptors (Lipinski definition) is 2. The second-order valence-electron chi connectivity index (χ2n) is 5.29. The lowest BCUT2D eigenvalue weighted by Gasteiger charge is -2.31. The molecule has 0 unspecified atom stereocenters. The minimum absolute atomic E-state index is 0.103. The molecule has 0 radical (unpaired) electrons. The van der Waals surface area contributed by atoms with Crippen LogP contribution in [0.4, 0.5) is 10.5 Å². The van der Waals surface area contributed by atoms with Gasteiger partial charge in [0.25, 0.3) is 0 Å². The molecule has 0 saturated heterocycles. The van der Waals surface area contributed by atoms with E-state index in [1.165, 1.54) is 0 Å². The van der Waals surface area contributed by atoms with E-state index in [9.17, 15) is 4.79 Å². The Bertz CT molecular complexity index is 434. The number of hydrogen-bond donors (Lipinski definition) is 2. The summed E-state index contributed by atoms with van der Waals surface area (Å²) < 4.78 is 0. The summed E-state index contributed by atoms with van der Waals surface area (Å²) in [6.07, 6.45) is 0. The molecule has 2 amide bonds. The first kappa shape index (κ1) is 15.8. The zero-order valence-corrected chi connectivity index (χ0v) is 12.5. The molecule has 0 aliphatic heterocycles. The van der Waals surface area contributed by atoms with Gasteiger partial charge in [-0.15, -0.1) is 0 Å². The van der Waals surface area contributed by atoms with Gasteiger partial charge in [-0.1, -0.05) is 37.6 Å². The Morgan fingerprint density at radius 3 is 2.58 bits per heavy atom. The Labute approximate surface area is 119 Å². The molecule has 5 heteroatoms. The molecule has 1 aromatic rings. The molecule has 0 saturated carbocycles. The van der Waals surface area contributed by atoms with Gasteiger partial charge in [-0.2, -0.15) is 0 Å². The van der Waals surface area contributed by atoms with Crippen LogP contribution in [0.25, 0.3) is 0 Å². The van der Waals surface area contributed by atoms with Crippen LogP contribution in [0.3, 0.4) is 0 Å². The maximum atomic E-state index is 12.2. The average Bonchev–Trinajstić information content (AvgIpc) is 2.38. The van der Waals surface area contributed by atoms with Gasteiger partial charge >= 0.3 is 6.03 Å². The molecule has 0 aliphatic rings. The summed E-state index contributed by atoms with van der Waals surface area (Å²) in [6.45, 7) is 7.79. The Morgan fingerprint density at radius 2 is 2.05 bits per heavy atom. The lowest BCUT2D eigenvalue weighted by atomic mass is 9.93. The number of para-hydroxylation sites is 1. The fourth-order valence-electron chi connectivity index (χ4n) is 1.67. The number of amides is 2. The summed E-state index contributed by atoms with van der Waals surface area (Å²) >= 11 is 6.02. The third-order valence-corrected chi connectivity index (χ3v) is 3.29. The first-order chi connectivity index (χ1) is 8.89. The minimum atomic E-state index is -0.155. The average molecular weight is 284 g/mol. The third-order valence-electron chi connectivity index (χ3n) is 2.96. The van der Waals surface area contributed by atoms with Crippen LogP contribution in [0.1, 0.15) is 20.8 Å². The maximum Gasteiger partial charge on any atom is 0.321 e. The van der Waals surface area contributed by atoms with Gasteiger partial charge in [-0.25, -0.2) is 4.79 Å². The lowest BCUT2D eigenvalue weighted by molar-refractivity contribution is 0.185. The van der Waals surface area contributed by atoms with Crippen LogP contribution in [-0.2, 0) is 0 Å². The van der Waals surface area contributed by atoms with Crippen LogP contribution in [0, 0.1) is 5.41 Å². The van der Waals surface area contributed by atoms with Gasteiger partial charge in [-0.3, -0.25) is 0 Å². The fourth-order valence-corrected chi connectivity index (χ4v) is 1.85. The highest BCUT2D eigenvalue weighted by Crippen LogP contribution is 2.21. The standard InChI is InChI=1S/C14H22ClN3O/c1-4-18(10-14(2,3)9-16)13(19)17-12-8-6-5-7-11(12)15/h5-8H,4,9-10,16H2,1-3H3,(H,17,19). The zero-order valence-electron chi connectivity index (χ0n) is 11.7. The smallest absolute Gasteiger partial charge is 0.321 e. The van der Waals surface area contributed by atoms with E-state index in [2.05, 4.69) is 5.32 Å². The summed E-state index contributed by atoms with van der Waals surface area (Å²) in [4.78, 5) is 13.9. The van der Waals surface area contributed by atoms with E-state index in [4.69, 9.17) is 17.3 Å². The molecule has 1 rings (SSSR count). The molecular formula is C14H22ClN3O. The van der Waals surface area contributed by atoms with Gasteiger partial charge in [0.2, 0.25) is 0 Å². The van der Waals surface area contributed by atoms with E-state index < -0.39 is 0 Å². The number of nitrogens with one attached hydrogen (secondary N) is 1. The van der Waals surface area contributed by atoms with Crippen LogP contribution < -0.4 is 11.1 Å². The summed E-state index contributed by atoms with van der Waals surface area (Å²) in [5, 5.41) is 3.35. The number of carbonyl (C=O) groups excluding carboxylic acids is 1. The van der Waals surface area contributed by atoms with Crippen LogP contribution in [-0.4, -0.2) is 30.6 Å². The molecule has 4 nitrogen and oxygen atoms in total. The lowest BCUT2D eigenvalue weighted by Crippen LogP contribution is -2.43. The summed E-state index contributed by atoms with van der Waals surface area (Å²) in [6, 6.07) is 7.03. The Balaban J connectivity index is 2.72. The topological polar surface area (TPSA) is 58.4 Å². The highest BCUT2D eigenvalue weighted by Gasteiger charge is 2.23. The zero-order chi connectivity index (χ0) is 14.5. The number of rotatable bonds is 5. The van der Waals surface area contributed by atoms with E-state index in [1.807, 2.05) is 32.9 Å². The van der Waals surface area contributed by atoms with Crippen molar-refractivity contribution >= 4 is 23.3 Å². The molecule has 1 aromatic carbocycles. The number of halogens is 1. The van der Waals surface area contributed by atoms with Crippen molar-refractivity contribution in [1.82, 2.24) is 4.90 Å². The van der Waals surface area contributed by atoms with Crippen molar-refractivity contribution in [3.05, 3.63) is 29.3 Å². The second kappa shape index (κ2) is 6.78. The summed E-state index contributed by atoms with van der Waals surface area (Å²) in [5.41, 5.74) is 6.23. The van der Waals surface area contributed by atoms with E-state index >= 15 is 0 Å². The monoisotopic (exact) mass is 283 g/mol. The molecule has 0 fully saturated rings. The van der Waals surface area contributed by atoms with Gasteiger partial charge in [0.1, 0.15) is 0 Å². The van der Waals surface area contributed by atoms with E-state index in [0.717, 1.165) is 0 Å². The molecule has 106 valence electrons. The summed E-state index contributed by atoms with van der Waals surface area (Å²) in [7, 11) is 0. The largest absolute Gasteiger partial charge is 0.330 e. The minimum Gasteiger partial charge on any atom is -0.330 e. The molecule has 0 spiro atoms. The molecule has 0 aromatic heterocycles. The number of urea groups is 1. The van der Waals surface area contributed by atoms with Gasteiger partial charge in [0.15, 0.2) is 0 Å². The van der Waals surface area contributed by atoms with E-state index in [-0.39, 0.29) is 11.4 Å². The Hall–Kier alpha value is -1.26. The Morgan fingerprint density at radius 1 is 1.42 bits per heavy atom. The van der Waals surface area contributed by atoms with Crippen molar-refractivity contribution in [3.8, 4) is 0 Å². The molecule has 3 N–H and O–H groups in total. The predicted octanol–water partition coefficient (Wildman–Crippen LogP) is 3.18. The maximum absolute atomic E-state index is 12.2. The van der Waals surface area contributed by atoms with Gasteiger partial charge in [-0.05, 0) is 31.0 Å². The van der Waals surface area contributed by atoms with Crippen molar-refractivity contribution in [2.45, 2.75) is 20.8 Å². The van der Waals surface area contributed by atoms with Crippen molar-refractivity contribution in [2.24, 2.45) is 11.1 Å². The molecule has 19 heavy (non-hydrogen) atoms. The van der Waals surface area contributed by atoms with Crippen molar-refractivity contribution in [1.29, 1.82) is 0 Å². The molecule has 0 atom stereocenters. The summed E-state index contributed by atoms with van der Waals surface area (Å²) in [5.74, 6) is 0. The van der Waals surface area contributed by atoms with Crippen LogP contribution >= 0.6 is 11.6 Å². The SMILES string of the molecule is CCN(CC(C)(C)CN)C(=O)Nc1ccccc1Cl. The van der Waals surface area contributed by atoms with Gasteiger partial charge < -0.3 is 16.0 Å². The molecule has 0 aliphatic carbocycles. The van der Waals surface area contributed by atoms with Gasteiger partial charge in [0.05, 0.1) is 10.7 Å². The Kier molecular flexibility index (Phi) is 5.63. The van der Waals surface area contributed by atoms with E-state index in [1.54, 1.807) is 17.0 Å². The number of nitrogens with zero attached hydrogens (tertiary/aromatic N) is 1. The first-order valence-electron chi connectivity index (χ1n) is 6.40. The van der Waals surface area contributed by atoms with Crippen LogP contribution in [0.5, 0.6) is 0 Å². The molecule has 0 heterocycles. The number of carbonyl (C=O) groups is 1. The molecular weight excluding hydrogens is 262 g/mol. The number of nitrogens with two attached hydrogens (primary N) is 1.